The highest BCUT2D eigenvalue weighted by molar-refractivity contribution is 6.31. The van der Waals surface area contributed by atoms with E-state index in [-0.39, 0.29) is 31.1 Å². The van der Waals surface area contributed by atoms with E-state index in [1.807, 2.05) is 6.07 Å². The molecular formula is C23H21N3O5. The Morgan fingerprint density at radius 3 is 2.65 bits per heavy atom. The highest BCUT2D eigenvalue weighted by atomic mass is 16.5. The Morgan fingerprint density at radius 1 is 1.26 bits per heavy atom. The fourth-order valence-corrected chi connectivity index (χ4v) is 3.70. The van der Waals surface area contributed by atoms with E-state index in [0.717, 1.165) is 5.39 Å². The van der Waals surface area contributed by atoms with Crippen LogP contribution in [0.25, 0.3) is 16.5 Å². The molecule has 0 saturated heterocycles. The second-order valence-corrected chi connectivity index (χ2v) is 7.18. The first kappa shape index (κ1) is 20.2. The lowest BCUT2D eigenvalue weighted by molar-refractivity contribution is -0.137. The molecule has 158 valence electrons. The van der Waals surface area contributed by atoms with Gasteiger partial charge in [-0.15, -0.1) is 0 Å². The van der Waals surface area contributed by atoms with Gasteiger partial charge in [0.15, 0.2) is 0 Å². The minimum atomic E-state index is -0.900. The summed E-state index contributed by atoms with van der Waals surface area (Å²) >= 11 is 0. The lowest BCUT2D eigenvalue weighted by Crippen LogP contribution is -2.26. The largest absolute Gasteiger partial charge is 0.498 e. The van der Waals surface area contributed by atoms with Crippen molar-refractivity contribution < 1.29 is 23.8 Å². The number of methoxy groups -OCH3 is 1. The molecule has 4 rings (SSSR count). The third-order valence-electron chi connectivity index (χ3n) is 5.24. The molecule has 8 nitrogen and oxygen atoms in total. The molecule has 3 aromatic rings. The number of fused-ring (bicyclic) bond motifs is 1. The molecule has 1 aromatic heterocycles. The van der Waals surface area contributed by atoms with Crippen molar-refractivity contribution in [2.45, 2.75) is 12.8 Å². The molecule has 0 aliphatic carbocycles. The summed E-state index contributed by atoms with van der Waals surface area (Å²) in [6, 6.07) is 14.1. The van der Waals surface area contributed by atoms with Gasteiger partial charge in [0.2, 0.25) is 0 Å². The number of carboxylic acid groups (broad SMARTS) is 1. The van der Waals surface area contributed by atoms with Crippen molar-refractivity contribution in [3.63, 3.8) is 0 Å². The molecule has 0 spiro atoms. The molecule has 8 heteroatoms. The molecule has 0 atom stereocenters. The maximum atomic E-state index is 13.4. The summed E-state index contributed by atoms with van der Waals surface area (Å²) in [5.74, 6) is -0.0790. The predicted molar refractivity (Wildman–Crippen MR) is 116 cm³/mol. The van der Waals surface area contributed by atoms with Gasteiger partial charge >= 0.3 is 5.97 Å². The van der Waals surface area contributed by atoms with Crippen LogP contribution in [-0.4, -0.2) is 36.5 Å². The average Bonchev–Trinajstić information content (AvgIpc) is 3.32. The third kappa shape index (κ3) is 3.75. The van der Waals surface area contributed by atoms with E-state index in [9.17, 15) is 9.59 Å². The highest BCUT2D eigenvalue weighted by Crippen LogP contribution is 2.36. The van der Waals surface area contributed by atoms with E-state index in [1.165, 1.54) is 7.11 Å². The first-order valence-electron chi connectivity index (χ1n) is 9.66. The summed E-state index contributed by atoms with van der Waals surface area (Å²) in [7, 11) is 1.53. The summed E-state index contributed by atoms with van der Waals surface area (Å²) in [5.41, 5.74) is 8.45. The van der Waals surface area contributed by atoms with E-state index in [4.69, 9.17) is 25.4 Å². The van der Waals surface area contributed by atoms with Crippen LogP contribution in [-0.2, 0) is 20.7 Å². The van der Waals surface area contributed by atoms with E-state index >= 15 is 0 Å². The maximum absolute atomic E-state index is 13.4. The average molecular weight is 419 g/mol. The number of aliphatic carboxylic acids is 1. The van der Waals surface area contributed by atoms with Crippen LogP contribution in [0.1, 0.15) is 23.3 Å². The lowest BCUT2D eigenvalue weighted by atomic mass is 10.0. The molecule has 1 amide bonds. The van der Waals surface area contributed by atoms with Gasteiger partial charge in [0, 0.05) is 28.6 Å². The van der Waals surface area contributed by atoms with Crippen LogP contribution in [0.5, 0.6) is 0 Å². The van der Waals surface area contributed by atoms with Gasteiger partial charge in [-0.1, -0.05) is 12.1 Å². The van der Waals surface area contributed by atoms with Crippen LogP contribution in [0.3, 0.4) is 0 Å². The van der Waals surface area contributed by atoms with Crippen molar-refractivity contribution >= 4 is 39.9 Å². The van der Waals surface area contributed by atoms with Crippen LogP contribution in [0.4, 0.5) is 5.69 Å². The first-order valence-corrected chi connectivity index (χ1v) is 9.66. The molecule has 2 heterocycles. The summed E-state index contributed by atoms with van der Waals surface area (Å²) in [6.45, 7) is 0.268. The Hall–Kier alpha value is -4.07. The number of benzene rings is 2. The summed E-state index contributed by atoms with van der Waals surface area (Å²) in [4.78, 5) is 25.9. The number of nitrogens with zero attached hydrogens (tertiary/aromatic N) is 1. The van der Waals surface area contributed by atoms with Gasteiger partial charge in [-0.05, 0) is 36.4 Å². The molecular weight excluding hydrogens is 398 g/mol. The number of anilines is 1. The fraction of sp³-hybridized carbons (Fsp3) is 0.174. The zero-order valence-electron chi connectivity index (χ0n) is 16.8. The van der Waals surface area contributed by atoms with Crippen LogP contribution >= 0.6 is 0 Å². The number of carboxylic acids is 1. The number of furan rings is 1. The molecule has 4 N–H and O–H groups in total. The van der Waals surface area contributed by atoms with E-state index in [2.05, 4.69) is 0 Å². The van der Waals surface area contributed by atoms with Crippen molar-refractivity contribution in [1.29, 1.82) is 5.41 Å². The topological polar surface area (TPSA) is 130 Å². The number of amidine groups is 1. The van der Waals surface area contributed by atoms with Crippen LogP contribution in [0.15, 0.2) is 58.7 Å². The van der Waals surface area contributed by atoms with Gasteiger partial charge in [-0.2, -0.15) is 0 Å². The normalized spacial score (nSPS) is 13.8. The fourth-order valence-electron chi connectivity index (χ4n) is 3.70. The molecule has 0 bridgehead atoms. The van der Waals surface area contributed by atoms with Gasteiger partial charge < -0.3 is 24.9 Å². The number of ether oxygens (including phenoxy) is 1. The van der Waals surface area contributed by atoms with Crippen molar-refractivity contribution in [2.75, 3.05) is 18.6 Å². The molecule has 1 aliphatic rings. The summed E-state index contributed by atoms with van der Waals surface area (Å²) in [5, 5.41) is 17.2. The minimum absolute atomic E-state index is 0.0376. The maximum Gasteiger partial charge on any atom is 0.303 e. The number of hydrogen-bond acceptors (Lipinski definition) is 5. The quantitative estimate of drug-likeness (QED) is 0.398. The predicted octanol–water partition coefficient (Wildman–Crippen LogP) is 3.14. The van der Waals surface area contributed by atoms with Crippen LogP contribution in [0.2, 0.25) is 0 Å². The minimum Gasteiger partial charge on any atom is -0.498 e. The number of nitrogens with two attached hydrogens (primary N) is 1. The first-order chi connectivity index (χ1) is 14.9. The lowest BCUT2D eigenvalue weighted by Gasteiger charge is -2.17. The number of carbonyl (C=O) groups is 2. The molecule has 2 aromatic carbocycles. The van der Waals surface area contributed by atoms with Gasteiger partial charge in [0.05, 0.1) is 25.6 Å². The summed E-state index contributed by atoms with van der Waals surface area (Å²) in [6.07, 6.45) is 0.229. The number of aryl methyl sites for hydroxylation is 1. The molecule has 31 heavy (non-hydrogen) atoms. The Bertz CT molecular complexity index is 1220. The van der Waals surface area contributed by atoms with E-state index in [1.54, 1.807) is 47.4 Å². The van der Waals surface area contributed by atoms with Gasteiger partial charge in [-0.3, -0.25) is 15.0 Å². The zero-order valence-corrected chi connectivity index (χ0v) is 16.8. The van der Waals surface area contributed by atoms with E-state index < -0.39 is 5.97 Å². The number of carbonyl (C=O) groups excluding carboxylic acids is 1. The molecule has 0 saturated carbocycles. The SMILES string of the molecule is COC1=C(c2cccc3oc(CCC(=O)O)cc23)C(=O)N(c2ccc(C(=N)N)cc2)C1. The molecule has 0 fully saturated rings. The Labute approximate surface area is 178 Å². The Morgan fingerprint density at radius 2 is 2.00 bits per heavy atom. The van der Waals surface area contributed by atoms with Gasteiger partial charge in [0.25, 0.3) is 5.91 Å². The zero-order chi connectivity index (χ0) is 22.1. The van der Waals surface area contributed by atoms with E-state index in [0.29, 0.717) is 39.5 Å². The second kappa shape index (κ2) is 7.98. The molecule has 0 unspecified atom stereocenters. The Kier molecular flexibility index (Phi) is 5.21. The molecule has 0 radical (unpaired) electrons. The number of nitrogen functional groups attached to an aromatic ring is 1. The number of hydrogen-bond donors (Lipinski definition) is 3. The monoisotopic (exact) mass is 419 g/mol. The number of amides is 1. The standard InChI is InChI=1S/C23H21N3O5/c1-30-19-12-26(14-7-5-13(6-8-14)22(24)25)23(29)21(19)16-3-2-4-18-17(16)11-15(31-18)9-10-20(27)28/h2-8,11H,9-10,12H2,1H3,(H3,24,25)(H,27,28). The van der Waals surface area contributed by atoms with Gasteiger partial charge in [-0.25, -0.2) is 0 Å². The number of nitrogens with one attached hydrogen (secondary N) is 1. The Balaban J connectivity index is 1.71. The molecule has 1 aliphatic heterocycles. The van der Waals surface area contributed by atoms with Crippen LogP contribution < -0.4 is 10.6 Å². The second-order valence-electron chi connectivity index (χ2n) is 7.18. The van der Waals surface area contributed by atoms with Crippen molar-refractivity contribution in [2.24, 2.45) is 5.73 Å². The third-order valence-corrected chi connectivity index (χ3v) is 5.24. The van der Waals surface area contributed by atoms with Crippen LogP contribution in [0, 0.1) is 5.41 Å². The summed E-state index contributed by atoms with van der Waals surface area (Å²) < 4.78 is 11.3. The number of rotatable bonds is 7. The smallest absolute Gasteiger partial charge is 0.303 e. The van der Waals surface area contributed by atoms with Crippen molar-refractivity contribution in [3.05, 3.63) is 71.2 Å². The van der Waals surface area contributed by atoms with Gasteiger partial charge in [0.1, 0.15) is 22.9 Å². The van der Waals surface area contributed by atoms with Crippen molar-refractivity contribution in [1.82, 2.24) is 0 Å². The van der Waals surface area contributed by atoms with Crippen molar-refractivity contribution in [3.8, 4) is 0 Å². The highest BCUT2D eigenvalue weighted by Gasteiger charge is 2.34.